The molecule has 0 saturated carbocycles. The van der Waals surface area contributed by atoms with Crippen LogP contribution in [0.15, 0.2) is 41.3 Å². The number of methoxy groups -OCH3 is 2. The summed E-state index contributed by atoms with van der Waals surface area (Å²) in [5, 5.41) is 3.01. The van der Waals surface area contributed by atoms with Gasteiger partial charge in [0.05, 0.1) is 36.4 Å². The number of nitrogens with zero attached hydrogens (tertiary/aromatic N) is 2. The molecule has 0 atom stereocenters. The van der Waals surface area contributed by atoms with E-state index < -0.39 is 10.0 Å². The summed E-state index contributed by atoms with van der Waals surface area (Å²) in [5.41, 5.74) is 1.02. The van der Waals surface area contributed by atoms with Crippen LogP contribution in [0.2, 0.25) is 5.02 Å². The molecule has 1 aliphatic heterocycles. The summed E-state index contributed by atoms with van der Waals surface area (Å²) < 4.78 is 38.3. The van der Waals surface area contributed by atoms with Gasteiger partial charge in [0.2, 0.25) is 15.9 Å². The topological polar surface area (TPSA) is 88.2 Å². The molecule has 2 aromatic carbocycles. The van der Waals surface area contributed by atoms with Gasteiger partial charge < -0.3 is 19.7 Å². The molecular formula is C23H30ClN3O5S. The average Bonchev–Trinajstić information content (AvgIpc) is 3.10. The fourth-order valence-electron chi connectivity index (χ4n) is 3.75. The molecular weight excluding hydrogens is 466 g/mol. The van der Waals surface area contributed by atoms with E-state index in [2.05, 4.69) is 5.32 Å². The van der Waals surface area contributed by atoms with E-state index in [1.807, 2.05) is 6.07 Å². The maximum Gasteiger partial charge on any atom is 0.243 e. The number of amides is 1. The summed E-state index contributed by atoms with van der Waals surface area (Å²) in [7, 11) is 1.21. The summed E-state index contributed by atoms with van der Waals surface area (Å²) in [5.74, 6) is 0.809. The first-order chi connectivity index (χ1) is 15.8. The number of halogens is 1. The van der Waals surface area contributed by atoms with Crippen LogP contribution in [0, 0.1) is 0 Å². The average molecular weight is 496 g/mol. The smallest absolute Gasteiger partial charge is 0.243 e. The number of carbonyl (C=O) groups excluding carboxylic acids is 1. The largest absolute Gasteiger partial charge is 0.493 e. The van der Waals surface area contributed by atoms with Gasteiger partial charge in [-0.1, -0.05) is 24.4 Å². The molecule has 0 spiro atoms. The highest BCUT2D eigenvalue weighted by molar-refractivity contribution is 7.89. The third kappa shape index (κ3) is 6.10. The molecule has 2 aromatic rings. The Morgan fingerprint density at radius 3 is 2.33 bits per heavy atom. The number of hydrogen-bond acceptors (Lipinski definition) is 6. The maximum atomic E-state index is 13.1. The van der Waals surface area contributed by atoms with E-state index in [1.165, 1.54) is 22.5 Å². The Kier molecular flexibility index (Phi) is 8.45. The molecule has 0 bridgehead atoms. The van der Waals surface area contributed by atoms with Crippen molar-refractivity contribution >= 4 is 38.9 Å². The predicted octanol–water partition coefficient (Wildman–Crippen LogP) is 4.00. The third-order valence-corrected chi connectivity index (χ3v) is 7.83. The highest BCUT2D eigenvalue weighted by Gasteiger charge is 2.26. The van der Waals surface area contributed by atoms with E-state index in [0.717, 1.165) is 31.4 Å². The van der Waals surface area contributed by atoms with Crippen LogP contribution in [0.25, 0.3) is 0 Å². The van der Waals surface area contributed by atoms with E-state index in [-0.39, 0.29) is 28.1 Å². The molecule has 10 heteroatoms. The lowest BCUT2D eigenvalue weighted by molar-refractivity contribution is -0.114. The van der Waals surface area contributed by atoms with Crippen molar-refractivity contribution in [1.29, 1.82) is 0 Å². The van der Waals surface area contributed by atoms with Crippen molar-refractivity contribution in [2.45, 2.75) is 30.6 Å². The summed E-state index contributed by atoms with van der Waals surface area (Å²) in [6, 6.07) is 9.75. The van der Waals surface area contributed by atoms with Gasteiger partial charge in [-0.2, -0.15) is 4.31 Å². The van der Waals surface area contributed by atoms with E-state index >= 15 is 0 Å². The van der Waals surface area contributed by atoms with Crippen molar-refractivity contribution < 1.29 is 22.7 Å². The Morgan fingerprint density at radius 2 is 1.70 bits per heavy atom. The van der Waals surface area contributed by atoms with Crippen molar-refractivity contribution in [2.24, 2.45) is 0 Å². The molecule has 1 fully saturated rings. The summed E-state index contributed by atoms with van der Waals surface area (Å²) in [6.45, 7) is 1.03. The fourth-order valence-corrected chi connectivity index (χ4v) is 5.46. The summed E-state index contributed by atoms with van der Waals surface area (Å²) in [6.07, 6.45) is 3.75. The number of sulfonamides is 1. The Hall–Kier alpha value is -2.49. The van der Waals surface area contributed by atoms with Gasteiger partial charge in [0.15, 0.2) is 11.5 Å². The van der Waals surface area contributed by atoms with Crippen LogP contribution < -0.4 is 19.7 Å². The summed E-state index contributed by atoms with van der Waals surface area (Å²) in [4.78, 5) is 14.6. The first-order valence-electron chi connectivity index (χ1n) is 10.8. The fraction of sp³-hybridized carbons (Fsp3) is 0.435. The van der Waals surface area contributed by atoms with Gasteiger partial charge in [0.25, 0.3) is 0 Å². The van der Waals surface area contributed by atoms with Gasteiger partial charge in [-0.05, 0) is 43.2 Å². The second kappa shape index (κ2) is 11.1. The molecule has 0 unspecified atom stereocenters. The minimum absolute atomic E-state index is 0.0227. The second-order valence-corrected chi connectivity index (χ2v) is 10.2. The number of ether oxygens (including phenoxy) is 2. The van der Waals surface area contributed by atoms with Gasteiger partial charge in [-0.15, -0.1) is 0 Å². The maximum absolute atomic E-state index is 13.1. The van der Waals surface area contributed by atoms with Crippen LogP contribution in [-0.4, -0.2) is 59.5 Å². The van der Waals surface area contributed by atoms with Crippen LogP contribution in [0.4, 0.5) is 11.4 Å². The molecule has 0 aliphatic carbocycles. The van der Waals surface area contributed by atoms with Crippen LogP contribution in [0.5, 0.6) is 11.5 Å². The number of anilines is 2. The molecule has 0 aromatic heterocycles. The highest BCUT2D eigenvalue weighted by Crippen LogP contribution is 2.31. The van der Waals surface area contributed by atoms with Crippen molar-refractivity contribution in [3.63, 3.8) is 0 Å². The number of rotatable bonds is 8. The van der Waals surface area contributed by atoms with Gasteiger partial charge in [0.1, 0.15) is 0 Å². The molecule has 8 nitrogen and oxygen atoms in total. The van der Waals surface area contributed by atoms with E-state index in [4.69, 9.17) is 21.1 Å². The molecule has 1 N–H and O–H groups in total. The third-order valence-electron chi connectivity index (χ3n) is 5.60. The standard InChI is InChI=1S/C23H30ClN3O5S/c1-26(17-8-11-21(31-2)22(14-17)32-3)16-23(28)25-20-15-18(9-10-19(20)24)33(29,30)27-12-6-4-5-7-13-27/h8-11,14-15H,4-7,12-13,16H2,1-3H3,(H,25,28). The molecule has 0 radical (unpaired) electrons. The quantitative estimate of drug-likeness (QED) is 0.595. The monoisotopic (exact) mass is 495 g/mol. The van der Waals surface area contributed by atoms with Crippen LogP contribution in [-0.2, 0) is 14.8 Å². The molecule has 1 saturated heterocycles. The van der Waals surface area contributed by atoms with Crippen molar-refractivity contribution in [2.75, 3.05) is 51.1 Å². The zero-order chi connectivity index (χ0) is 24.0. The number of benzene rings is 2. The van der Waals surface area contributed by atoms with Crippen molar-refractivity contribution in [3.8, 4) is 11.5 Å². The van der Waals surface area contributed by atoms with Crippen LogP contribution >= 0.6 is 11.6 Å². The number of hydrogen-bond donors (Lipinski definition) is 1. The number of carbonyl (C=O) groups is 1. The zero-order valence-corrected chi connectivity index (χ0v) is 20.7. The lowest BCUT2D eigenvalue weighted by Gasteiger charge is -2.22. The number of likely N-dealkylation sites (N-methyl/N-ethyl adjacent to an activating group) is 1. The predicted molar refractivity (Wildman–Crippen MR) is 130 cm³/mol. The van der Waals surface area contributed by atoms with E-state index in [9.17, 15) is 13.2 Å². The first-order valence-corrected chi connectivity index (χ1v) is 12.6. The zero-order valence-electron chi connectivity index (χ0n) is 19.1. The van der Waals surface area contributed by atoms with Gasteiger partial charge in [0, 0.05) is 31.9 Å². The first kappa shape index (κ1) is 25.1. The molecule has 1 amide bonds. The molecule has 3 rings (SSSR count). The molecule has 1 heterocycles. The van der Waals surface area contributed by atoms with Gasteiger partial charge >= 0.3 is 0 Å². The minimum atomic E-state index is -3.65. The lowest BCUT2D eigenvalue weighted by atomic mass is 10.2. The Balaban J connectivity index is 1.73. The molecule has 180 valence electrons. The van der Waals surface area contributed by atoms with Gasteiger partial charge in [-0.3, -0.25) is 4.79 Å². The lowest BCUT2D eigenvalue weighted by Crippen LogP contribution is -2.32. The van der Waals surface area contributed by atoms with E-state index in [1.54, 1.807) is 38.3 Å². The van der Waals surface area contributed by atoms with E-state index in [0.29, 0.717) is 24.6 Å². The second-order valence-electron chi connectivity index (χ2n) is 7.90. The van der Waals surface area contributed by atoms with Crippen LogP contribution in [0.3, 0.4) is 0 Å². The SMILES string of the molecule is COc1ccc(N(C)CC(=O)Nc2cc(S(=O)(=O)N3CCCCCC3)ccc2Cl)cc1OC. The minimum Gasteiger partial charge on any atom is -0.493 e. The normalized spacial score (nSPS) is 14.9. The van der Waals surface area contributed by atoms with Crippen molar-refractivity contribution in [3.05, 3.63) is 41.4 Å². The highest BCUT2D eigenvalue weighted by atomic mass is 35.5. The van der Waals surface area contributed by atoms with Gasteiger partial charge in [-0.25, -0.2) is 8.42 Å². The summed E-state index contributed by atoms with van der Waals surface area (Å²) >= 11 is 6.26. The Bertz CT molecular complexity index is 1090. The number of nitrogens with one attached hydrogen (secondary N) is 1. The Morgan fingerprint density at radius 1 is 1.03 bits per heavy atom. The van der Waals surface area contributed by atoms with Crippen LogP contribution in [0.1, 0.15) is 25.7 Å². The Labute approximate surface area is 200 Å². The molecule has 33 heavy (non-hydrogen) atoms. The van der Waals surface area contributed by atoms with Crippen molar-refractivity contribution in [1.82, 2.24) is 4.31 Å². The molecule has 1 aliphatic rings.